The maximum Gasteiger partial charge on any atom is 0.573 e. The van der Waals surface area contributed by atoms with Crippen LogP contribution in [0.4, 0.5) is 18.0 Å². The molecule has 1 aliphatic carbocycles. The normalized spacial score (nSPS) is 42.5. The van der Waals surface area contributed by atoms with Crippen LogP contribution in [0.2, 0.25) is 0 Å². The smallest absolute Gasteiger partial charge is 0.444 e. The number of ether oxygens (including phenoxy) is 6. The van der Waals surface area contributed by atoms with E-state index in [1.54, 1.807) is 27.7 Å². The summed E-state index contributed by atoms with van der Waals surface area (Å²) in [7, 11) is 0. The first-order valence-electron chi connectivity index (χ1n) is 14.5. The summed E-state index contributed by atoms with van der Waals surface area (Å²) in [5.41, 5.74) is 5.31. The summed E-state index contributed by atoms with van der Waals surface area (Å²) < 4.78 is 67.9. The fourth-order valence-electron chi connectivity index (χ4n) is 5.42. The minimum Gasteiger partial charge on any atom is -0.444 e. The summed E-state index contributed by atoms with van der Waals surface area (Å²) in [6.07, 6.45) is -25.1. The van der Waals surface area contributed by atoms with Gasteiger partial charge in [0.05, 0.1) is 25.3 Å². The Morgan fingerprint density at radius 3 is 2.09 bits per heavy atom. The second kappa shape index (κ2) is 15.5. The third-order valence-electron chi connectivity index (χ3n) is 7.67. The molecular formula is C26H44F3N3O14. The summed E-state index contributed by atoms with van der Waals surface area (Å²) in [5.74, 6) is -0.530. The van der Waals surface area contributed by atoms with Crippen molar-refractivity contribution >= 4 is 12.5 Å². The third-order valence-corrected chi connectivity index (χ3v) is 7.67. The lowest BCUT2D eigenvalue weighted by atomic mass is 9.80. The number of hydrogen-bond donors (Lipinski definition) is 9. The van der Waals surface area contributed by atoms with Gasteiger partial charge >= 0.3 is 12.5 Å². The average Bonchev–Trinajstić information content (AvgIpc) is 2.93. The molecule has 0 bridgehead atoms. The second-order valence-corrected chi connectivity index (χ2v) is 12.5. The highest BCUT2D eigenvalue weighted by molar-refractivity contribution is 5.68. The van der Waals surface area contributed by atoms with Gasteiger partial charge in [0.1, 0.15) is 60.5 Å². The first-order chi connectivity index (χ1) is 21.2. The fraction of sp³-hybridized carbons (Fsp3) is 0.923. The van der Waals surface area contributed by atoms with Crippen LogP contribution in [-0.2, 0) is 28.4 Å². The van der Waals surface area contributed by atoms with Crippen molar-refractivity contribution in [2.45, 2.75) is 132 Å². The van der Waals surface area contributed by atoms with Gasteiger partial charge in [-0.1, -0.05) is 6.92 Å². The Morgan fingerprint density at radius 1 is 0.913 bits per heavy atom. The number of rotatable bonds is 9. The number of halogens is 3. The second-order valence-electron chi connectivity index (χ2n) is 12.5. The van der Waals surface area contributed by atoms with Crippen molar-refractivity contribution in [1.29, 1.82) is 0 Å². The van der Waals surface area contributed by atoms with Crippen LogP contribution in [0.5, 0.6) is 0 Å². The lowest BCUT2D eigenvalue weighted by molar-refractivity contribution is -0.335. The van der Waals surface area contributed by atoms with Gasteiger partial charge in [-0.2, -0.15) is 0 Å². The number of carbonyl (C=O) groups excluding carboxylic acids is 1. The monoisotopic (exact) mass is 679 g/mol. The van der Waals surface area contributed by atoms with Gasteiger partial charge in [0.25, 0.3) is 0 Å². The molecule has 0 aromatic rings. The summed E-state index contributed by atoms with van der Waals surface area (Å²) in [6.45, 7) is 5.07. The zero-order valence-corrected chi connectivity index (χ0v) is 25.5. The predicted molar refractivity (Wildman–Crippen MR) is 146 cm³/mol. The molecule has 0 aromatic heterocycles. The topological polar surface area (TPSA) is 264 Å². The highest BCUT2D eigenvalue weighted by atomic mass is 19.4. The summed E-state index contributed by atoms with van der Waals surface area (Å²) >= 11 is 0. The number of aliphatic hydroxyl groups excluding tert-OH is 7. The van der Waals surface area contributed by atoms with Crippen LogP contribution in [0, 0.1) is 5.92 Å². The fourth-order valence-corrected chi connectivity index (χ4v) is 5.42. The molecule has 20 heteroatoms. The number of hydrogen-bond acceptors (Lipinski definition) is 16. The maximum absolute atomic E-state index is 12.4. The van der Waals surface area contributed by atoms with Gasteiger partial charge in [0.2, 0.25) is 0 Å². The zero-order chi connectivity index (χ0) is 34.7. The van der Waals surface area contributed by atoms with E-state index in [-0.39, 0.29) is 12.8 Å². The minimum atomic E-state index is -5.01. The maximum atomic E-state index is 12.4. The van der Waals surface area contributed by atoms with E-state index in [0.29, 0.717) is 0 Å². The van der Waals surface area contributed by atoms with Crippen LogP contribution in [0.3, 0.4) is 0 Å². The zero-order valence-electron chi connectivity index (χ0n) is 25.5. The van der Waals surface area contributed by atoms with E-state index >= 15 is 0 Å². The SMILES string of the molecule is C[C@@H]1C[C@H](N)C(O[C@H]2O[C@H](CN=COC(F)(F)F)[C@@H](O)[C@H](O)[C@H]2O)[C@H](O)[C@H]1O[C@H]1O[C@H](CO)[C@@H](O)[C@H](NC(=O)OC(C)(C)C)[C@H]1O. The van der Waals surface area contributed by atoms with Gasteiger partial charge in [-0.15, -0.1) is 13.2 Å². The molecule has 3 aliphatic rings. The molecule has 15 atom stereocenters. The van der Waals surface area contributed by atoms with Crippen LogP contribution >= 0.6 is 0 Å². The molecule has 0 spiro atoms. The Labute approximate surface area is 262 Å². The van der Waals surface area contributed by atoms with Crippen molar-refractivity contribution in [3.63, 3.8) is 0 Å². The van der Waals surface area contributed by atoms with Gasteiger partial charge in [0.15, 0.2) is 19.0 Å². The number of amides is 1. The molecule has 3 fully saturated rings. The molecule has 1 amide bonds. The molecule has 1 saturated carbocycles. The van der Waals surface area contributed by atoms with Gasteiger partial charge in [-0.05, 0) is 33.1 Å². The quantitative estimate of drug-likeness (QED) is 0.0880. The highest BCUT2D eigenvalue weighted by Crippen LogP contribution is 2.34. The van der Waals surface area contributed by atoms with E-state index in [1.807, 2.05) is 0 Å². The first-order valence-corrected chi connectivity index (χ1v) is 14.5. The number of alkyl carbamates (subject to hydrolysis) is 1. The standard InChI is InChI=1S/C26H44F3N3O14/c1-9-5-10(30)21(45-23-18(38)17(37)15(35)11(42-23)6-31-8-41-26(27,28)29)19(39)20(9)44-22-16(36)13(14(34)12(7-33)43-22)32-24(40)46-25(2,3)4/h8-23,33-39H,5-7,30H2,1-4H3,(H,32,40)/t9-,10+,11-,12-,13+,14-,15-,16-,17+,18-,19-,20+,21?,22-,23-/m1/s1. The van der Waals surface area contributed by atoms with Crippen molar-refractivity contribution in [3.05, 3.63) is 0 Å². The third kappa shape index (κ3) is 9.80. The Balaban J connectivity index is 1.73. The molecule has 2 saturated heterocycles. The minimum absolute atomic E-state index is 0.0726. The van der Waals surface area contributed by atoms with Crippen molar-refractivity contribution < 1.29 is 82.1 Å². The van der Waals surface area contributed by atoms with E-state index in [4.69, 9.17) is 29.4 Å². The van der Waals surface area contributed by atoms with Crippen LogP contribution in [0.15, 0.2) is 4.99 Å². The van der Waals surface area contributed by atoms with Crippen LogP contribution in [0.1, 0.15) is 34.1 Å². The summed E-state index contributed by atoms with van der Waals surface area (Å²) in [4.78, 5) is 15.7. The number of nitrogens with two attached hydrogens (primary N) is 1. The Hall–Kier alpha value is -1.95. The van der Waals surface area contributed by atoms with Gasteiger partial charge < -0.3 is 75.2 Å². The molecule has 0 radical (unpaired) electrons. The highest BCUT2D eigenvalue weighted by Gasteiger charge is 2.52. The van der Waals surface area contributed by atoms with Crippen LogP contribution < -0.4 is 11.1 Å². The van der Waals surface area contributed by atoms with E-state index in [2.05, 4.69) is 15.0 Å². The Bertz CT molecular complexity index is 1020. The van der Waals surface area contributed by atoms with E-state index in [0.717, 1.165) is 0 Å². The predicted octanol–water partition coefficient (Wildman–Crippen LogP) is -2.81. The van der Waals surface area contributed by atoms with Gasteiger partial charge in [-0.3, -0.25) is 4.99 Å². The molecule has 2 aliphatic heterocycles. The first kappa shape index (κ1) is 38.5. The molecule has 46 heavy (non-hydrogen) atoms. The number of carbonyl (C=O) groups is 1. The summed E-state index contributed by atoms with van der Waals surface area (Å²) in [5, 5.41) is 76.1. The molecule has 2 heterocycles. The lowest BCUT2D eigenvalue weighted by Crippen LogP contribution is -2.67. The summed E-state index contributed by atoms with van der Waals surface area (Å²) in [6, 6.07) is -2.36. The Morgan fingerprint density at radius 2 is 1.50 bits per heavy atom. The molecule has 268 valence electrons. The number of nitrogens with zero attached hydrogens (tertiary/aromatic N) is 1. The van der Waals surface area contributed by atoms with Crippen molar-refractivity contribution in [3.8, 4) is 0 Å². The number of aliphatic hydroxyl groups is 7. The van der Waals surface area contributed by atoms with Gasteiger partial charge in [-0.25, -0.2) is 4.79 Å². The molecule has 0 aromatic carbocycles. The average molecular weight is 680 g/mol. The number of aliphatic imine (C=N–C) groups is 1. The van der Waals surface area contributed by atoms with Crippen LogP contribution in [0.25, 0.3) is 0 Å². The molecule has 17 nitrogen and oxygen atoms in total. The van der Waals surface area contributed by atoms with E-state index < -0.39 is 123 Å². The number of alkyl halides is 3. The van der Waals surface area contributed by atoms with Gasteiger partial charge in [0, 0.05) is 6.04 Å². The van der Waals surface area contributed by atoms with Crippen LogP contribution in [-0.4, -0.2) is 159 Å². The van der Waals surface area contributed by atoms with Crippen molar-refractivity contribution in [2.75, 3.05) is 13.2 Å². The van der Waals surface area contributed by atoms with Crippen molar-refractivity contribution in [1.82, 2.24) is 5.32 Å². The van der Waals surface area contributed by atoms with E-state index in [1.165, 1.54) is 0 Å². The Kier molecular flexibility index (Phi) is 13.0. The molecule has 10 N–H and O–H groups in total. The lowest BCUT2D eigenvalue weighted by Gasteiger charge is -2.48. The molecular weight excluding hydrogens is 635 g/mol. The van der Waals surface area contributed by atoms with Crippen molar-refractivity contribution in [2.24, 2.45) is 16.6 Å². The van der Waals surface area contributed by atoms with E-state index in [9.17, 15) is 53.7 Å². The molecule has 1 unspecified atom stereocenters. The largest absolute Gasteiger partial charge is 0.573 e. The molecule has 3 rings (SSSR count). The number of nitrogens with one attached hydrogen (secondary N) is 1.